The monoisotopic (exact) mass is 206 g/mol. The molecule has 0 saturated carbocycles. The second-order valence-electron chi connectivity index (χ2n) is 4.75. The van der Waals surface area contributed by atoms with E-state index < -0.39 is 0 Å². The molecule has 0 aliphatic carbocycles. The van der Waals surface area contributed by atoms with E-state index in [1.807, 2.05) is 12.1 Å². The SMILES string of the molecule is c1coc(CNCC2CC3CCC2N3)c1. The zero-order valence-corrected chi connectivity index (χ0v) is 8.91. The first-order valence-corrected chi connectivity index (χ1v) is 5.91. The molecule has 2 fully saturated rings. The number of hydrogen-bond acceptors (Lipinski definition) is 3. The van der Waals surface area contributed by atoms with Crippen molar-refractivity contribution >= 4 is 0 Å². The van der Waals surface area contributed by atoms with Gasteiger partial charge in [-0.1, -0.05) is 0 Å². The van der Waals surface area contributed by atoms with Crippen molar-refractivity contribution in [1.29, 1.82) is 0 Å². The highest BCUT2D eigenvalue weighted by Crippen LogP contribution is 2.32. The zero-order chi connectivity index (χ0) is 10.1. The van der Waals surface area contributed by atoms with E-state index in [1.54, 1.807) is 6.26 Å². The van der Waals surface area contributed by atoms with Crippen molar-refractivity contribution in [2.45, 2.75) is 37.9 Å². The van der Waals surface area contributed by atoms with E-state index in [0.29, 0.717) is 0 Å². The standard InChI is InChI=1S/C12H18N2O/c1-2-11(15-5-1)8-13-7-9-6-10-3-4-12(9)14-10/h1-2,5,9-10,12-14H,3-4,6-8H2. The summed E-state index contributed by atoms with van der Waals surface area (Å²) in [6.07, 6.45) is 5.85. The first-order chi connectivity index (χ1) is 7.42. The highest BCUT2D eigenvalue weighted by atomic mass is 16.3. The van der Waals surface area contributed by atoms with Crippen molar-refractivity contribution < 1.29 is 4.42 Å². The molecule has 2 bridgehead atoms. The molecule has 1 aromatic heterocycles. The van der Waals surface area contributed by atoms with Crippen LogP contribution >= 0.6 is 0 Å². The maximum Gasteiger partial charge on any atom is 0.117 e. The van der Waals surface area contributed by atoms with E-state index in [0.717, 1.165) is 36.9 Å². The second-order valence-corrected chi connectivity index (χ2v) is 4.75. The summed E-state index contributed by atoms with van der Waals surface area (Å²) in [7, 11) is 0. The van der Waals surface area contributed by atoms with E-state index in [9.17, 15) is 0 Å². The molecule has 2 aliphatic heterocycles. The summed E-state index contributed by atoms with van der Waals surface area (Å²) < 4.78 is 5.28. The van der Waals surface area contributed by atoms with Crippen LogP contribution in [0.5, 0.6) is 0 Å². The van der Waals surface area contributed by atoms with Gasteiger partial charge in [-0.3, -0.25) is 0 Å². The Bertz CT molecular complexity index is 309. The Balaban J connectivity index is 1.43. The third kappa shape index (κ3) is 1.94. The van der Waals surface area contributed by atoms with Crippen LogP contribution in [0, 0.1) is 5.92 Å². The van der Waals surface area contributed by atoms with Crippen molar-refractivity contribution in [2.75, 3.05) is 6.54 Å². The minimum atomic E-state index is 0.777. The number of furan rings is 1. The van der Waals surface area contributed by atoms with Crippen LogP contribution in [0.1, 0.15) is 25.0 Å². The Morgan fingerprint density at radius 3 is 3.13 bits per heavy atom. The molecule has 2 N–H and O–H groups in total. The van der Waals surface area contributed by atoms with Gasteiger partial charge in [-0.25, -0.2) is 0 Å². The van der Waals surface area contributed by atoms with Gasteiger partial charge in [-0.2, -0.15) is 0 Å². The van der Waals surface area contributed by atoms with E-state index in [4.69, 9.17) is 4.42 Å². The normalized spacial score (nSPS) is 33.7. The first-order valence-electron chi connectivity index (χ1n) is 5.91. The molecule has 1 aromatic rings. The Morgan fingerprint density at radius 1 is 1.47 bits per heavy atom. The number of fused-ring (bicyclic) bond motifs is 2. The molecule has 3 rings (SSSR count). The maximum atomic E-state index is 5.28. The van der Waals surface area contributed by atoms with Crippen LogP contribution in [0.2, 0.25) is 0 Å². The number of nitrogens with one attached hydrogen (secondary N) is 2. The highest BCUT2D eigenvalue weighted by Gasteiger charge is 2.38. The molecule has 3 heterocycles. The van der Waals surface area contributed by atoms with E-state index in [1.165, 1.54) is 19.3 Å². The lowest BCUT2D eigenvalue weighted by atomic mass is 9.89. The lowest BCUT2D eigenvalue weighted by Crippen LogP contribution is -2.31. The Kier molecular flexibility index (Phi) is 2.51. The lowest BCUT2D eigenvalue weighted by molar-refractivity contribution is 0.373. The zero-order valence-electron chi connectivity index (χ0n) is 8.91. The van der Waals surface area contributed by atoms with Crippen molar-refractivity contribution in [1.82, 2.24) is 10.6 Å². The summed E-state index contributed by atoms with van der Waals surface area (Å²) in [5.74, 6) is 1.87. The second kappa shape index (κ2) is 3.99. The lowest BCUT2D eigenvalue weighted by Gasteiger charge is -2.20. The third-order valence-electron chi connectivity index (χ3n) is 3.72. The van der Waals surface area contributed by atoms with Gasteiger partial charge in [0, 0.05) is 12.1 Å². The summed E-state index contributed by atoms with van der Waals surface area (Å²) in [5.41, 5.74) is 0. The molecule has 0 amide bonds. The smallest absolute Gasteiger partial charge is 0.117 e. The Hall–Kier alpha value is -0.800. The fourth-order valence-corrected chi connectivity index (χ4v) is 2.96. The Labute approximate surface area is 90.2 Å². The predicted octanol–water partition coefficient (Wildman–Crippen LogP) is 1.51. The van der Waals surface area contributed by atoms with Crippen molar-refractivity contribution in [3.8, 4) is 0 Å². The summed E-state index contributed by atoms with van der Waals surface area (Å²) in [5, 5.41) is 7.14. The Morgan fingerprint density at radius 2 is 2.47 bits per heavy atom. The van der Waals surface area contributed by atoms with Gasteiger partial charge in [0.2, 0.25) is 0 Å². The van der Waals surface area contributed by atoms with Crippen molar-refractivity contribution in [3.63, 3.8) is 0 Å². The van der Waals surface area contributed by atoms with Gasteiger partial charge >= 0.3 is 0 Å². The average molecular weight is 206 g/mol. The first kappa shape index (κ1) is 9.43. The van der Waals surface area contributed by atoms with Crippen molar-refractivity contribution in [2.24, 2.45) is 5.92 Å². The van der Waals surface area contributed by atoms with Crippen LogP contribution in [-0.4, -0.2) is 18.6 Å². The predicted molar refractivity (Wildman–Crippen MR) is 58.5 cm³/mol. The van der Waals surface area contributed by atoms with Crippen LogP contribution in [0.15, 0.2) is 22.8 Å². The summed E-state index contributed by atoms with van der Waals surface area (Å²) >= 11 is 0. The number of hydrogen-bond donors (Lipinski definition) is 2. The minimum Gasteiger partial charge on any atom is -0.468 e. The summed E-state index contributed by atoms with van der Waals surface area (Å²) in [4.78, 5) is 0. The van der Waals surface area contributed by atoms with Crippen LogP contribution < -0.4 is 10.6 Å². The fourth-order valence-electron chi connectivity index (χ4n) is 2.96. The molecule has 82 valence electrons. The van der Waals surface area contributed by atoms with Gasteiger partial charge in [0.25, 0.3) is 0 Å². The molecule has 3 heteroatoms. The van der Waals surface area contributed by atoms with E-state index in [-0.39, 0.29) is 0 Å². The van der Waals surface area contributed by atoms with E-state index >= 15 is 0 Å². The largest absolute Gasteiger partial charge is 0.468 e. The highest BCUT2D eigenvalue weighted by molar-refractivity contribution is 5.00. The van der Waals surface area contributed by atoms with Crippen LogP contribution in [0.4, 0.5) is 0 Å². The van der Waals surface area contributed by atoms with E-state index in [2.05, 4.69) is 10.6 Å². The van der Waals surface area contributed by atoms with Crippen LogP contribution in [-0.2, 0) is 6.54 Å². The molecule has 0 radical (unpaired) electrons. The maximum absolute atomic E-state index is 5.28. The quantitative estimate of drug-likeness (QED) is 0.784. The van der Waals surface area contributed by atoms with Crippen LogP contribution in [0.3, 0.4) is 0 Å². The molecule has 2 saturated heterocycles. The molecule has 15 heavy (non-hydrogen) atoms. The van der Waals surface area contributed by atoms with Gasteiger partial charge in [0.1, 0.15) is 5.76 Å². The molecule has 0 aromatic carbocycles. The van der Waals surface area contributed by atoms with Gasteiger partial charge in [-0.05, 0) is 43.9 Å². The van der Waals surface area contributed by atoms with Crippen molar-refractivity contribution in [3.05, 3.63) is 24.2 Å². The van der Waals surface area contributed by atoms with Gasteiger partial charge in [0.15, 0.2) is 0 Å². The minimum absolute atomic E-state index is 0.777. The molecule has 3 nitrogen and oxygen atoms in total. The number of rotatable bonds is 4. The molecule has 0 spiro atoms. The molecule has 2 aliphatic rings. The average Bonchev–Trinajstić information content (AvgIpc) is 2.93. The van der Waals surface area contributed by atoms with Crippen LogP contribution in [0.25, 0.3) is 0 Å². The van der Waals surface area contributed by atoms with Gasteiger partial charge in [0.05, 0.1) is 12.8 Å². The molecule has 3 unspecified atom stereocenters. The third-order valence-corrected chi connectivity index (χ3v) is 3.72. The molecule has 3 atom stereocenters. The van der Waals surface area contributed by atoms with Gasteiger partial charge in [-0.15, -0.1) is 0 Å². The summed E-state index contributed by atoms with van der Waals surface area (Å²) in [6, 6.07) is 5.55. The fraction of sp³-hybridized carbons (Fsp3) is 0.667. The summed E-state index contributed by atoms with van der Waals surface area (Å²) in [6.45, 7) is 1.98. The van der Waals surface area contributed by atoms with Gasteiger partial charge < -0.3 is 15.1 Å². The molecular formula is C12H18N2O. The molecular weight excluding hydrogens is 188 g/mol. The topological polar surface area (TPSA) is 37.2 Å².